The normalized spacial score (nSPS) is 19.3. The number of hydrogen-bond acceptors (Lipinski definition) is 5. The molecule has 2 atom stereocenters. The van der Waals surface area contributed by atoms with Crippen LogP contribution in [0.2, 0.25) is 0 Å². The fraction of sp³-hybridized carbons (Fsp3) is 0.276. The molecule has 0 saturated carbocycles. The summed E-state index contributed by atoms with van der Waals surface area (Å²) in [6, 6.07) is 19.7. The van der Waals surface area contributed by atoms with Gasteiger partial charge in [0.1, 0.15) is 5.82 Å². The number of carbonyl (C=O) groups is 1. The molecule has 2 unspecified atom stereocenters. The minimum atomic E-state index is -0.443. The van der Waals surface area contributed by atoms with Gasteiger partial charge in [-0.2, -0.15) is 0 Å². The van der Waals surface area contributed by atoms with E-state index >= 15 is 0 Å². The van der Waals surface area contributed by atoms with Crippen molar-refractivity contribution in [1.29, 1.82) is 0 Å². The quantitative estimate of drug-likeness (QED) is 0.438. The molecule has 35 heavy (non-hydrogen) atoms. The molecule has 1 aliphatic heterocycles. The summed E-state index contributed by atoms with van der Waals surface area (Å²) in [4.78, 5) is 13.7. The van der Waals surface area contributed by atoms with Crippen molar-refractivity contribution in [2.75, 3.05) is 17.7 Å². The topological polar surface area (TPSA) is 59.6 Å². The lowest BCUT2D eigenvalue weighted by Gasteiger charge is -2.30. The molecule has 0 aromatic heterocycles. The van der Waals surface area contributed by atoms with Crippen molar-refractivity contribution in [3.05, 3.63) is 94.9 Å². The van der Waals surface area contributed by atoms with Crippen LogP contribution in [0.3, 0.4) is 0 Å². The van der Waals surface area contributed by atoms with Crippen LogP contribution in [0.4, 0.5) is 15.8 Å². The molecule has 1 aliphatic carbocycles. The monoisotopic (exact) mass is 472 g/mol. The Morgan fingerprint density at radius 3 is 2.46 bits per heavy atom. The molecular weight excluding hydrogens is 443 g/mol. The molecule has 180 valence electrons. The highest BCUT2D eigenvalue weighted by atomic mass is 19.1. The van der Waals surface area contributed by atoms with Crippen LogP contribution in [0.25, 0.3) is 0 Å². The summed E-state index contributed by atoms with van der Waals surface area (Å²) in [6.07, 6.45) is 1.04. The van der Waals surface area contributed by atoms with Gasteiger partial charge in [0, 0.05) is 17.7 Å². The third kappa shape index (κ3) is 4.61. The van der Waals surface area contributed by atoms with E-state index in [0.29, 0.717) is 29.9 Å². The van der Waals surface area contributed by atoms with Gasteiger partial charge in [-0.3, -0.25) is 4.79 Å². The van der Waals surface area contributed by atoms with Gasteiger partial charge in [0.15, 0.2) is 17.3 Å². The third-order valence-electron chi connectivity index (χ3n) is 6.51. The number of fused-ring (bicyclic) bond motifs is 1. The fourth-order valence-corrected chi connectivity index (χ4v) is 4.95. The first-order valence-corrected chi connectivity index (χ1v) is 11.9. The number of ether oxygens (including phenoxy) is 2. The van der Waals surface area contributed by atoms with Crippen LogP contribution in [-0.2, 0) is 4.79 Å². The molecule has 2 aliphatic rings. The Bertz CT molecular complexity index is 1300. The average molecular weight is 473 g/mol. The maximum absolute atomic E-state index is 14.1. The van der Waals surface area contributed by atoms with Gasteiger partial charge in [0.05, 0.1) is 30.6 Å². The van der Waals surface area contributed by atoms with Crippen molar-refractivity contribution < 1.29 is 18.7 Å². The minimum absolute atomic E-state index is 0.0193. The van der Waals surface area contributed by atoms with Gasteiger partial charge in [0.25, 0.3) is 0 Å². The summed E-state index contributed by atoms with van der Waals surface area (Å²) < 4.78 is 25.6. The van der Waals surface area contributed by atoms with Crippen LogP contribution >= 0.6 is 0 Å². The van der Waals surface area contributed by atoms with E-state index in [4.69, 9.17) is 9.47 Å². The standard InChI is InChI=1S/C29H29FN2O3/c1-17(2)35-26-12-11-18(16-27(26)34-3)20-14-24-28(25(33)15-20)29(19-7-6-8-21(30)13-19)32-23-10-5-4-9-22(23)31-24/h4-13,16-17,20,29,31-32H,14-15H2,1-3H3. The van der Waals surface area contributed by atoms with Crippen molar-refractivity contribution in [2.24, 2.45) is 0 Å². The van der Waals surface area contributed by atoms with Crippen molar-refractivity contribution in [3.8, 4) is 11.5 Å². The zero-order valence-electron chi connectivity index (χ0n) is 20.1. The first-order valence-electron chi connectivity index (χ1n) is 11.9. The minimum Gasteiger partial charge on any atom is -0.493 e. The van der Waals surface area contributed by atoms with E-state index < -0.39 is 6.04 Å². The molecule has 3 aromatic carbocycles. The lowest BCUT2D eigenvalue weighted by molar-refractivity contribution is -0.116. The number of anilines is 2. The van der Waals surface area contributed by atoms with Crippen molar-refractivity contribution in [3.63, 3.8) is 0 Å². The van der Waals surface area contributed by atoms with Gasteiger partial charge in [0.2, 0.25) is 0 Å². The molecule has 2 N–H and O–H groups in total. The number of hydrogen-bond donors (Lipinski definition) is 2. The van der Waals surface area contributed by atoms with Gasteiger partial charge < -0.3 is 20.1 Å². The fourth-order valence-electron chi connectivity index (χ4n) is 4.95. The van der Waals surface area contributed by atoms with Crippen LogP contribution in [0.1, 0.15) is 49.8 Å². The summed E-state index contributed by atoms with van der Waals surface area (Å²) in [5, 5.41) is 7.01. The predicted molar refractivity (Wildman–Crippen MR) is 136 cm³/mol. The number of methoxy groups -OCH3 is 1. The van der Waals surface area contributed by atoms with Crippen LogP contribution in [-0.4, -0.2) is 19.0 Å². The van der Waals surface area contributed by atoms with E-state index in [1.165, 1.54) is 12.1 Å². The first kappa shape index (κ1) is 23.0. The SMILES string of the molecule is COc1cc(C2CC(=O)C3=C(C2)Nc2ccccc2NC3c2cccc(F)c2)ccc1OC(C)C. The van der Waals surface area contributed by atoms with Gasteiger partial charge >= 0.3 is 0 Å². The molecule has 3 aromatic rings. The van der Waals surface area contributed by atoms with Gasteiger partial charge in [-0.15, -0.1) is 0 Å². The highest BCUT2D eigenvalue weighted by Gasteiger charge is 2.36. The Labute approximate surface area is 205 Å². The Hall–Kier alpha value is -3.80. The van der Waals surface area contributed by atoms with Gasteiger partial charge in [-0.1, -0.05) is 30.3 Å². The molecule has 0 radical (unpaired) electrons. The highest BCUT2D eigenvalue weighted by Crippen LogP contribution is 2.45. The number of para-hydroxylation sites is 2. The first-order chi connectivity index (χ1) is 16.9. The summed E-state index contributed by atoms with van der Waals surface area (Å²) in [7, 11) is 1.62. The van der Waals surface area contributed by atoms with Crippen LogP contribution in [0, 0.1) is 5.82 Å². The molecule has 0 spiro atoms. The smallest absolute Gasteiger partial charge is 0.163 e. The molecule has 0 fully saturated rings. The van der Waals surface area contributed by atoms with E-state index in [0.717, 1.165) is 28.2 Å². The Balaban J connectivity index is 1.55. The maximum atomic E-state index is 14.1. The molecule has 0 amide bonds. The Kier molecular flexibility index (Phi) is 6.20. The summed E-state index contributed by atoms with van der Waals surface area (Å²) >= 11 is 0. The number of rotatable bonds is 5. The van der Waals surface area contributed by atoms with Crippen LogP contribution in [0.5, 0.6) is 11.5 Å². The summed E-state index contributed by atoms with van der Waals surface area (Å²) in [6.45, 7) is 3.94. The Morgan fingerprint density at radius 2 is 1.71 bits per heavy atom. The van der Waals surface area contributed by atoms with Gasteiger partial charge in [-0.25, -0.2) is 4.39 Å². The average Bonchev–Trinajstić information content (AvgIpc) is 3.01. The number of halogens is 1. The second kappa shape index (κ2) is 9.45. The zero-order valence-corrected chi connectivity index (χ0v) is 20.1. The molecule has 0 bridgehead atoms. The molecule has 6 heteroatoms. The molecular formula is C29H29FN2O3. The Morgan fingerprint density at radius 1 is 0.914 bits per heavy atom. The second-order valence-electron chi connectivity index (χ2n) is 9.30. The van der Waals surface area contributed by atoms with E-state index in [1.54, 1.807) is 13.2 Å². The zero-order chi connectivity index (χ0) is 24.5. The predicted octanol–water partition coefficient (Wildman–Crippen LogP) is 6.60. The van der Waals surface area contributed by atoms with Crippen LogP contribution < -0.4 is 20.1 Å². The van der Waals surface area contributed by atoms with Crippen molar-refractivity contribution >= 4 is 17.2 Å². The molecule has 5 nitrogen and oxygen atoms in total. The van der Waals surface area contributed by atoms with Crippen LogP contribution in [0.15, 0.2) is 78.0 Å². The number of ketones is 1. The maximum Gasteiger partial charge on any atom is 0.163 e. The third-order valence-corrected chi connectivity index (χ3v) is 6.51. The molecule has 0 saturated heterocycles. The summed E-state index contributed by atoms with van der Waals surface area (Å²) in [5.74, 6) is 1.04. The van der Waals surface area contributed by atoms with E-state index in [1.807, 2.05) is 62.4 Å². The lowest BCUT2D eigenvalue weighted by Crippen LogP contribution is -2.27. The lowest BCUT2D eigenvalue weighted by atomic mass is 9.78. The second-order valence-corrected chi connectivity index (χ2v) is 9.30. The molecule has 5 rings (SSSR count). The largest absolute Gasteiger partial charge is 0.493 e. The van der Waals surface area contributed by atoms with Crippen molar-refractivity contribution in [2.45, 2.75) is 44.8 Å². The number of carbonyl (C=O) groups excluding carboxylic acids is 1. The summed E-state index contributed by atoms with van der Waals surface area (Å²) in [5.41, 5.74) is 5.03. The van der Waals surface area contributed by atoms with Crippen molar-refractivity contribution in [1.82, 2.24) is 0 Å². The van der Waals surface area contributed by atoms with E-state index in [9.17, 15) is 9.18 Å². The van der Waals surface area contributed by atoms with E-state index in [-0.39, 0.29) is 23.6 Å². The van der Waals surface area contributed by atoms with E-state index in [2.05, 4.69) is 10.6 Å². The molecule has 1 heterocycles. The number of nitrogens with one attached hydrogen (secondary N) is 2. The number of benzene rings is 3. The number of allylic oxidation sites excluding steroid dienone is 1. The van der Waals surface area contributed by atoms with Gasteiger partial charge in [-0.05, 0) is 73.7 Å². The number of Topliss-reactive ketones (excluding diaryl/α,β-unsaturated/α-hetero) is 1. The highest BCUT2D eigenvalue weighted by molar-refractivity contribution is 6.01.